The van der Waals surface area contributed by atoms with E-state index >= 15 is 0 Å². The van der Waals surface area contributed by atoms with E-state index in [1.165, 1.54) is 11.1 Å². The van der Waals surface area contributed by atoms with Crippen LogP contribution in [0.25, 0.3) is 0 Å². The van der Waals surface area contributed by atoms with Crippen molar-refractivity contribution < 1.29 is 4.74 Å². The van der Waals surface area contributed by atoms with Crippen molar-refractivity contribution >= 4 is 0 Å². The summed E-state index contributed by atoms with van der Waals surface area (Å²) in [6.07, 6.45) is 4.48. The van der Waals surface area contributed by atoms with Crippen molar-refractivity contribution in [2.75, 3.05) is 14.2 Å². The first-order valence-electron chi connectivity index (χ1n) is 6.11. The number of nitrogens with one attached hydrogen (secondary N) is 1. The molecule has 1 atom stereocenters. The van der Waals surface area contributed by atoms with Crippen LogP contribution in [0.3, 0.4) is 0 Å². The number of hydrogen-bond donors (Lipinski definition) is 1. The van der Waals surface area contributed by atoms with Gasteiger partial charge in [-0.1, -0.05) is 23.8 Å². The van der Waals surface area contributed by atoms with Gasteiger partial charge in [0.1, 0.15) is 5.75 Å². The zero-order valence-corrected chi connectivity index (χ0v) is 11.3. The Morgan fingerprint density at radius 2 is 1.94 bits per heavy atom. The second-order valence-corrected chi connectivity index (χ2v) is 4.53. The van der Waals surface area contributed by atoms with Crippen LogP contribution in [-0.2, 0) is 6.42 Å². The molecule has 1 N–H and O–H groups in total. The van der Waals surface area contributed by atoms with Gasteiger partial charge < -0.3 is 10.1 Å². The Morgan fingerprint density at radius 1 is 1.29 bits per heavy atom. The molecule has 0 aliphatic heterocycles. The van der Waals surface area contributed by atoms with E-state index in [0.717, 1.165) is 18.6 Å². The number of allylic oxidation sites excluding steroid dienone is 1. The van der Waals surface area contributed by atoms with E-state index in [2.05, 4.69) is 37.4 Å². The van der Waals surface area contributed by atoms with Gasteiger partial charge in [0.2, 0.25) is 0 Å². The lowest BCUT2D eigenvalue weighted by Gasteiger charge is -2.12. The highest BCUT2D eigenvalue weighted by atomic mass is 16.5. The zero-order chi connectivity index (χ0) is 12.7. The van der Waals surface area contributed by atoms with Gasteiger partial charge in [-0.05, 0) is 51.4 Å². The van der Waals surface area contributed by atoms with Crippen molar-refractivity contribution in [3.63, 3.8) is 0 Å². The van der Waals surface area contributed by atoms with Gasteiger partial charge in [0.05, 0.1) is 7.11 Å². The van der Waals surface area contributed by atoms with Crippen LogP contribution >= 0.6 is 0 Å². The molecular formula is C15H23NO. The Hall–Kier alpha value is -1.28. The molecule has 0 saturated carbocycles. The van der Waals surface area contributed by atoms with Gasteiger partial charge in [0.15, 0.2) is 0 Å². The van der Waals surface area contributed by atoms with Gasteiger partial charge >= 0.3 is 0 Å². The minimum Gasteiger partial charge on any atom is -0.497 e. The molecule has 0 aliphatic carbocycles. The normalized spacial score (nSPS) is 12.0. The highest BCUT2D eigenvalue weighted by Crippen LogP contribution is 2.13. The van der Waals surface area contributed by atoms with Crippen LogP contribution in [0.1, 0.15) is 25.8 Å². The molecule has 94 valence electrons. The summed E-state index contributed by atoms with van der Waals surface area (Å²) < 4.78 is 5.15. The molecule has 2 heteroatoms. The van der Waals surface area contributed by atoms with E-state index in [1.54, 1.807) is 7.11 Å². The maximum absolute atomic E-state index is 5.15. The first kappa shape index (κ1) is 13.8. The molecule has 0 saturated heterocycles. The smallest absolute Gasteiger partial charge is 0.118 e. The fourth-order valence-electron chi connectivity index (χ4n) is 1.83. The van der Waals surface area contributed by atoms with Gasteiger partial charge in [-0.2, -0.15) is 0 Å². The number of benzene rings is 1. The summed E-state index contributed by atoms with van der Waals surface area (Å²) in [7, 11) is 3.71. The van der Waals surface area contributed by atoms with E-state index in [-0.39, 0.29) is 0 Å². The number of methoxy groups -OCH3 is 1. The van der Waals surface area contributed by atoms with Crippen molar-refractivity contribution in [2.45, 2.75) is 32.7 Å². The average molecular weight is 233 g/mol. The number of ether oxygens (including phenoxy) is 1. The molecule has 0 aromatic heterocycles. The van der Waals surface area contributed by atoms with Crippen LogP contribution in [0.15, 0.2) is 35.9 Å². The van der Waals surface area contributed by atoms with Gasteiger partial charge in [0, 0.05) is 6.04 Å². The quantitative estimate of drug-likeness (QED) is 0.762. The molecule has 0 radical (unpaired) electrons. The van der Waals surface area contributed by atoms with E-state index in [4.69, 9.17) is 4.74 Å². The maximum atomic E-state index is 5.15. The highest BCUT2D eigenvalue weighted by Gasteiger charge is 2.03. The van der Waals surface area contributed by atoms with Crippen molar-refractivity contribution in [3.05, 3.63) is 41.5 Å². The molecule has 1 unspecified atom stereocenters. The van der Waals surface area contributed by atoms with Crippen LogP contribution in [0.4, 0.5) is 0 Å². The monoisotopic (exact) mass is 233 g/mol. The van der Waals surface area contributed by atoms with Gasteiger partial charge in [-0.15, -0.1) is 0 Å². The summed E-state index contributed by atoms with van der Waals surface area (Å²) in [4.78, 5) is 0. The van der Waals surface area contributed by atoms with E-state index in [1.807, 2.05) is 19.2 Å². The van der Waals surface area contributed by atoms with Crippen LogP contribution in [0, 0.1) is 0 Å². The summed E-state index contributed by atoms with van der Waals surface area (Å²) in [5.74, 6) is 0.920. The van der Waals surface area contributed by atoms with E-state index in [0.29, 0.717) is 6.04 Å². The molecule has 0 heterocycles. The van der Waals surface area contributed by atoms with Gasteiger partial charge in [-0.3, -0.25) is 0 Å². The van der Waals surface area contributed by atoms with Crippen LogP contribution in [0.5, 0.6) is 5.75 Å². The lowest BCUT2D eigenvalue weighted by Crippen LogP contribution is -2.23. The standard InChI is InChI=1S/C15H23NO/c1-12(2)11-14(16-3)8-5-13-6-9-15(17-4)10-7-13/h6-7,9-11,14,16H,5,8H2,1-4H3. The zero-order valence-electron chi connectivity index (χ0n) is 11.3. The SMILES string of the molecule is CNC(C=C(C)C)CCc1ccc(OC)cc1. The lowest BCUT2D eigenvalue weighted by atomic mass is 10.0. The third kappa shape index (κ3) is 5.05. The highest BCUT2D eigenvalue weighted by molar-refractivity contribution is 5.27. The Balaban J connectivity index is 2.50. The molecule has 1 aromatic rings. The third-order valence-corrected chi connectivity index (χ3v) is 2.81. The predicted molar refractivity (Wildman–Crippen MR) is 73.6 cm³/mol. The Bertz CT molecular complexity index is 350. The summed E-state index contributed by atoms with van der Waals surface area (Å²) >= 11 is 0. The van der Waals surface area contributed by atoms with Crippen LogP contribution in [0.2, 0.25) is 0 Å². The second-order valence-electron chi connectivity index (χ2n) is 4.53. The lowest BCUT2D eigenvalue weighted by molar-refractivity contribution is 0.414. The molecule has 1 aromatic carbocycles. The number of likely N-dealkylation sites (N-methyl/N-ethyl adjacent to an activating group) is 1. The summed E-state index contributed by atoms with van der Waals surface area (Å²) in [5.41, 5.74) is 2.72. The number of hydrogen-bond acceptors (Lipinski definition) is 2. The molecule has 2 nitrogen and oxygen atoms in total. The second kappa shape index (κ2) is 7.13. The molecule has 0 spiro atoms. The van der Waals surface area contributed by atoms with E-state index in [9.17, 15) is 0 Å². The van der Waals surface area contributed by atoms with E-state index < -0.39 is 0 Å². The number of aryl methyl sites for hydroxylation is 1. The Labute approximate surface area is 105 Å². The first-order valence-corrected chi connectivity index (χ1v) is 6.11. The largest absolute Gasteiger partial charge is 0.497 e. The Morgan fingerprint density at radius 3 is 2.41 bits per heavy atom. The minimum absolute atomic E-state index is 0.460. The van der Waals surface area contributed by atoms with Crippen molar-refractivity contribution in [1.82, 2.24) is 5.32 Å². The molecule has 0 bridgehead atoms. The molecule has 1 rings (SSSR count). The summed E-state index contributed by atoms with van der Waals surface area (Å²) in [6, 6.07) is 8.76. The maximum Gasteiger partial charge on any atom is 0.118 e. The fraction of sp³-hybridized carbons (Fsp3) is 0.467. The average Bonchev–Trinajstić information content (AvgIpc) is 2.34. The van der Waals surface area contributed by atoms with Gasteiger partial charge in [-0.25, -0.2) is 0 Å². The van der Waals surface area contributed by atoms with Crippen molar-refractivity contribution in [1.29, 1.82) is 0 Å². The van der Waals surface area contributed by atoms with Gasteiger partial charge in [0.25, 0.3) is 0 Å². The third-order valence-electron chi connectivity index (χ3n) is 2.81. The summed E-state index contributed by atoms with van der Waals surface area (Å²) in [6.45, 7) is 4.27. The molecule has 0 aliphatic rings. The summed E-state index contributed by atoms with van der Waals surface area (Å²) in [5, 5.41) is 3.33. The van der Waals surface area contributed by atoms with Crippen LogP contribution in [-0.4, -0.2) is 20.2 Å². The Kier molecular flexibility index (Phi) is 5.78. The number of rotatable bonds is 6. The first-order chi connectivity index (χ1) is 8.15. The topological polar surface area (TPSA) is 21.3 Å². The van der Waals surface area contributed by atoms with Crippen LogP contribution < -0.4 is 10.1 Å². The molecule has 17 heavy (non-hydrogen) atoms. The minimum atomic E-state index is 0.460. The predicted octanol–water partition coefficient (Wildman–Crippen LogP) is 3.18. The van der Waals surface area contributed by atoms with Crippen molar-refractivity contribution in [3.8, 4) is 5.75 Å². The molecule has 0 amide bonds. The fourth-order valence-corrected chi connectivity index (χ4v) is 1.83. The van der Waals surface area contributed by atoms with Crippen molar-refractivity contribution in [2.24, 2.45) is 0 Å². The molecular weight excluding hydrogens is 210 g/mol. The molecule has 0 fully saturated rings.